The van der Waals surface area contributed by atoms with Crippen LogP contribution in [0.4, 0.5) is 0 Å². The van der Waals surface area contributed by atoms with Crippen LogP contribution in [-0.2, 0) is 0 Å². The highest BCUT2D eigenvalue weighted by molar-refractivity contribution is 7.70. The molecule has 0 amide bonds. The fraction of sp³-hybridized carbons (Fsp3) is 0.333. The van der Waals surface area contributed by atoms with Crippen LogP contribution in [0.15, 0.2) is 48.5 Å². The molecular weight excluding hydrogens is 310 g/mol. The number of rotatable bonds is 3. The van der Waals surface area contributed by atoms with E-state index in [2.05, 4.69) is 62.4 Å². The predicted octanol–water partition coefficient (Wildman–Crippen LogP) is 4.08. The van der Waals surface area contributed by atoms with E-state index in [0.29, 0.717) is 11.7 Å². The zero-order valence-corrected chi connectivity index (χ0v) is 14.7. The molecule has 2 nitrogen and oxygen atoms in total. The van der Waals surface area contributed by atoms with E-state index in [0.717, 1.165) is 11.5 Å². The summed E-state index contributed by atoms with van der Waals surface area (Å²) < 4.78 is 12.1. The van der Waals surface area contributed by atoms with Crippen molar-refractivity contribution in [2.45, 2.75) is 25.5 Å². The van der Waals surface area contributed by atoms with E-state index in [-0.39, 0.29) is 15.8 Å². The zero-order chi connectivity index (χ0) is 15.1. The summed E-state index contributed by atoms with van der Waals surface area (Å²) in [6.45, 7) is 4.45. The summed E-state index contributed by atoms with van der Waals surface area (Å²) >= 11 is 0. The molecule has 4 heteroatoms. The second kappa shape index (κ2) is 5.84. The average Bonchev–Trinajstić information content (AvgIpc) is 3.01. The minimum absolute atomic E-state index is 0.208. The molecule has 0 saturated heterocycles. The van der Waals surface area contributed by atoms with Crippen molar-refractivity contribution < 1.29 is 9.47 Å². The molecular formula is C18H20O2P2. The summed E-state index contributed by atoms with van der Waals surface area (Å²) in [5.74, 6) is 2.89. The summed E-state index contributed by atoms with van der Waals surface area (Å²) in [5, 5.41) is 2.89. The molecule has 0 fully saturated rings. The van der Waals surface area contributed by atoms with Crippen molar-refractivity contribution in [3.8, 4) is 11.5 Å². The van der Waals surface area contributed by atoms with Crippen LogP contribution in [0.5, 0.6) is 11.5 Å². The molecule has 0 unspecified atom stereocenters. The summed E-state index contributed by atoms with van der Waals surface area (Å²) in [6.07, 6.45) is 2.47. The first-order valence-electron chi connectivity index (χ1n) is 7.79. The molecule has 2 aromatic rings. The van der Waals surface area contributed by atoms with Gasteiger partial charge in [0, 0.05) is 10.6 Å². The van der Waals surface area contributed by atoms with E-state index < -0.39 is 0 Å². The molecule has 2 aromatic carbocycles. The SMILES string of the molecule is C[C@@H]1Oc2ccccc2[P@@]1CC[P@]1c2ccccc2O[C@H]1C. The fourth-order valence-electron chi connectivity index (χ4n) is 3.29. The fourth-order valence-corrected chi connectivity index (χ4v) is 8.87. The normalized spacial score (nSPS) is 28.6. The molecule has 22 heavy (non-hydrogen) atoms. The van der Waals surface area contributed by atoms with Crippen molar-refractivity contribution in [2.24, 2.45) is 0 Å². The molecule has 2 heterocycles. The molecule has 114 valence electrons. The van der Waals surface area contributed by atoms with Gasteiger partial charge in [0.25, 0.3) is 0 Å². The van der Waals surface area contributed by atoms with Gasteiger partial charge >= 0.3 is 0 Å². The van der Waals surface area contributed by atoms with Gasteiger partial charge in [-0.3, -0.25) is 0 Å². The molecule has 0 bridgehead atoms. The van der Waals surface area contributed by atoms with Gasteiger partial charge in [0.05, 0.1) is 0 Å². The Labute approximate surface area is 134 Å². The molecule has 0 N–H and O–H groups in total. The Bertz CT molecular complexity index is 629. The topological polar surface area (TPSA) is 18.5 Å². The van der Waals surface area contributed by atoms with Crippen LogP contribution >= 0.6 is 15.8 Å². The molecule has 0 saturated carbocycles. The van der Waals surface area contributed by atoms with Gasteiger partial charge in [0.15, 0.2) is 0 Å². The molecule has 0 aliphatic carbocycles. The Morgan fingerprint density at radius 1 is 0.727 bits per heavy atom. The predicted molar refractivity (Wildman–Crippen MR) is 95.9 cm³/mol. The van der Waals surface area contributed by atoms with E-state index in [1.807, 2.05) is 0 Å². The first kappa shape index (κ1) is 14.5. The maximum atomic E-state index is 6.04. The summed E-state index contributed by atoms with van der Waals surface area (Å²) in [7, 11) is -0.416. The number of para-hydroxylation sites is 2. The number of hydrogen-bond donors (Lipinski definition) is 0. The van der Waals surface area contributed by atoms with E-state index in [1.165, 1.54) is 22.9 Å². The van der Waals surface area contributed by atoms with Gasteiger partial charge in [-0.2, -0.15) is 0 Å². The van der Waals surface area contributed by atoms with Gasteiger partial charge in [-0.05, 0) is 54.1 Å². The van der Waals surface area contributed by atoms with Crippen molar-refractivity contribution >= 4 is 26.5 Å². The monoisotopic (exact) mass is 330 g/mol. The Kier molecular flexibility index (Phi) is 3.84. The van der Waals surface area contributed by atoms with Gasteiger partial charge in [-0.15, -0.1) is 0 Å². The summed E-state index contributed by atoms with van der Waals surface area (Å²) in [4.78, 5) is 0. The quantitative estimate of drug-likeness (QED) is 0.790. The third-order valence-corrected chi connectivity index (χ3v) is 10.1. The van der Waals surface area contributed by atoms with E-state index in [4.69, 9.17) is 9.47 Å². The Morgan fingerprint density at radius 3 is 1.59 bits per heavy atom. The molecule has 2 aliphatic rings. The highest BCUT2D eigenvalue weighted by Gasteiger charge is 2.34. The third-order valence-electron chi connectivity index (χ3n) is 4.40. The van der Waals surface area contributed by atoms with Crippen LogP contribution in [-0.4, -0.2) is 24.0 Å². The van der Waals surface area contributed by atoms with Crippen molar-refractivity contribution in [1.29, 1.82) is 0 Å². The summed E-state index contributed by atoms with van der Waals surface area (Å²) in [6, 6.07) is 17.1. The maximum Gasteiger partial charge on any atom is 0.128 e. The molecule has 0 radical (unpaired) electrons. The van der Waals surface area contributed by atoms with Crippen molar-refractivity contribution in [3.05, 3.63) is 48.5 Å². The second-order valence-corrected chi connectivity index (χ2v) is 10.9. The van der Waals surface area contributed by atoms with Crippen molar-refractivity contribution in [3.63, 3.8) is 0 Å². The highest BCUT2D eigenvalue weighted by atomic mass is 31.1. The molecule has 0 aromatic heterocycles. The van der Waals surface area contributed by atoms with Gasteiger partial charge < -0.3 is 9.47 Å². The number of fused-ring (bicyclic) bond motifs is 2. The molecule has 0 spiro atoms. The van der Waals surface area contributed by atoms with Crippen LogP contribution in [0.3, 0.4) is 0 Å². The lowest BCUT2D eigenvalue weighted by atomic mass is 10.3. The smallest absolute Gasteiger partial charge is 0.128 e. The Morgan fingerprint density at radius 2 is 1.14 bits per heavy atom. The average molecular weight is 330 g/mol. The number of benzene rings is 2. The van der Waals surface area contributed by atoms with Crippen molar-refractivity contribution in [1.82, 2.24) is 0 Å². The van der Waals surface area contributed by atoms with Gasteiger partial charge in [0.2, 0.25) is 0 Å². The van der Waals surface area contributed by atoms with Crippen LogP contribution in [0.1, 0.15) is 13.8 Å². The van der Waals surface area contributed by atoms with Crippen LogP contribution in [0.25, 0.3) is 0 Å². The Balaban J connectivity index is 1.52. The van der Waals surface area contributed by atoms with Crippen molar-refractivity contribution in [2.75, 3.05) is 12.3 Å². The van der Waals surface area contributed by atoms with Crippen LogP contribution in [0, 0.1) is 0 Å². The second-order valence-electron chi connectivity index (χ2n) is 5.76. The third kappa shape index (κ3) is 2.43. The lowest BCUT2D eigenvalue weighted by Gasteiger charge is -2.20. The van der Waals surface area contributed by atoms with E-state index in [9.17, 15) is 0 Å². The molecule has 4 atom stereocenters. The number of ether oxygens (including phenoxy) is 2. The first-order chi connectivity index (χ1) is 10.7. The molecule has 2 aliphatic heterocycles. The number of hydrogen-bond acceptors (Lipinski definition) is 2. The highest BCUT2D eigenvalue weighted by Crippen LogP contribution is 2.54. The molecule has 4 rings (SSSR count). The van der Waals surface area contributed by atoms with Crippen LogP contribution < -0.4 is 20.1 Å². The minimum Gasteiger partial charge on any atom is -0.485 e. The van der Waals surface area contributed by atoms with Gasteiger partial charge in [-0.25, -0.2) is 0 Å². The lowest BCUT2D eigenvalue weighted by molar-refractivity contribution is 0.314. The first-order valence-corrected chi connectivity index (χ1v) is 11.0. The Hall–Kier alpha value is -1.10. The minimum atomic E-state index is -0.208. The van der Waals surface area contributed by atoms with Gasteiger partial charge in [0.1, 0.15) is 23.2 Å². The standard InChI is InChI=1S/C18H20O2P2/c1-13-19-15-7-3-5-9-17(15)21(13)11-12-22-14(2)20-16-8-4-6-10-18(16)22/h3-10,13-14H,11-12H2,1-2H3/t13-,14-,21+,22+/m1/s1. The van der Waals surface area contributed by atoms with E-state index >= 15 is 0 Å². The van der Waals surface area contributed by atoms with E-state index in [1.54, 1.807) is 0 Å². The maximum absolute atomic E-state index is 6.04. The lowest BCUT2D eigenvalue weighted by Crippen LogP contribution is -2.13. The van der Waals surface area contributed by atoms with Crippen LogP contribution in [0.2, 0.25) is 0 Å². The largest absolute Gasteiger partial charge is 0.485 e. The van der Waals surface area contributed by atoms with Gasteiger partial charge in [-0.1, -0.05) is 36.4 Å². The zero-order valence-electron chi connectivity index (χ0n) is 12.9. The summed E-state index contributed by atoms with van der Waals surface area (Å²) in [5.41, 5.74) is 0.